The number of halogens is 1. The van der Waals surface area contributed by atoms with Crippen molar-refractivity contribution in [3.8, 4) is 0 Å². The lowest BCUT2D eigenvalue weighted by molar-refractivity contribution is -0.127. The smallest absolute Gasteiger partial charge is 0.196 e. The molecule has 0 aliphatic heterocycles. The van der Waals surface area contributed by atoms with Gasteiger partial charge >= 0.3 is 0 Å². The monoisotopic (exact) mass is 346 g/mol. The number of carbonyl (C=O) groups excluding carboxylic acids is 2. The highest BCUT2D eigenvalue weighted by Crippen LogP contribution is 2.66. The average molecular weight is 347 g/mol. The zero-order valence-electron chi connectivity index (χ0n) is 14.9. The Kier molecular flexibility index (Phi) is 3.66. The molecule has 6 atom stereocenters. The van der Waals surface area contributed by atoms with Crippen LogP contribution in [0.25, 0.3) is 0 Å². The molecular formula is C21H27ClO2. The van der Waals surface area contributed by atoms with Gasteiger partial charge in [-0.15, -0.1) is 0 Å². The number of rotatable bonds is 1. The molecule has 0 unspecified atom stereocenters. The first kappa shape index (κ1) is 16.6. The van der Waals surface area contributed by atoms with E-state index < -0.39 is 0 Å². The third kappa shape index (κ3) is 2.01. The van der Waals surface area contributed by atoms with E-state index in [1.165, 1.54) is 12.0 Å². The fraction of sp³-hybridized carbons (Fsp3) is 0.714. The van der Waals surface area contributed by atoms with Gasteiger partial charge in [-0.2, -0.15) is 0 Å². The van der Waals surface area contributed by atoms with Crippen LogP contribution >= 0.6 is 11.6 Å². The van der Waals surface area contributed by atoms with Crippen molar-refractivity contribution in [2.45, 2.75) is 59.3 Å². The Morgan fingerprint density at radius 3 is 2.62 bits per heavy atom. The Hall–Kier alpha value is -0.890. The number of carbonyl (C=O) groups is 2. The van der Waals surface area contributed by atoms with E-state index in [4.69, 9.17) is 11.6 Å². The lowest BCUT2D eigenvalue weighted by Crippen LogP contribution is -2.50. The minimum absolute atomic E-state index is 0.0271. The Balaban J connectivity index is 1.71. The van der Waals surface area contributed by atoms with Crippen LogP contribution in [0.2, 0.25) is 0 Å². The predicted molar refractivity (Wildman–Crippen MR) is 95.6 cm³/mol. The van der Waals surface area contributed by atoms with Crippen molar-refractivity contribution in [2.75, 3.05) is 0 Å². The summed E-state index contributed by atoms with van der Waals surface area (Å²) in [4.78, 5) is 24.2. The second kappa shape index (κ2) is 5.30. The lowest BCUT2D eigenvalue weighted by atomic mass is 9.47. The van der Waals surface area contributed by atoms with Gasteiger partial charge in [0, 0.05) is 11.3 Å². The van der Waals surface area contributed by atoms with E-state index in [1.807, 2.05) is 0 Å². The Morgan fingerprint density at radius 2 is 1.92 bits per heavy atom. The number of allylic oxidation sites excluding steroid dienone is 4. The van der Waals surface area contributed by atoms with Crippen molar-refractivity contribution in [3.63, 3.8) is 0 Å². The van der Waals surface area contributed by atoms with Crippen molar-refractivity contribution < 1.29 is 9.59 Å². The minimum atomic E-state index is -0.0659. The van der Waals surface area contributed by atoms with Gasteiger partial charge < -0.3 is 0 Å². The van der Waals surface area contributed by atoms with Crippen LogP contribution in [0.1, 0.15) is 59.3 Å². The van der Waals surface area contributed by atoms with E-state index in [9.17, 15) is 9.59 Å². The molecule has 2 nitrogen and oxygen atoms in total. The molecule has 0 amide bonds. The van der Waals surface area contributed by atoms with Gasteiger partial charge in [0.15, 0.2) is 5.78 Å². The first-order valence-corrected chi connectivity index (χ1v) is 9.80. The maximum atomic E-state index is 12.2. The molecule has 4 aliphatic rings. The third-order valence-electron chi connectivity index (χ3n) is 8.14. The lowest BCUT2D eigenvalue weighted by Gasteiger charge is -2.57. The summed E-state index contributed by atoms with van der Waals surface area (Å²) in [5.74, 6) is 2.47. The summed E-state index contributed by atoms with van der Waals surface area (Å²) >= 11 is 6.40. The van der Waals surface area contributed by atoms with Crippen LogP contribution in [0.15, 0.2) is 22.8 Å². The first-order valence-electron chi connectivity index (χ1n) is 9.42. The molecule has 4 rings (SSSR count). The summed E-state index contributed by atoms with van der Waals surface area (Å²) in [5.41, 5.74) is 1.29. The SMILES string of the molecule is CC(=O)[C@H]1CC[C@H]2[C@@H]3CCC4=C(Cl)C(=O)C=C[C@]4(C)[C@H]3CC[C@]12C. The maximum Gasteiger partial charge on any atom is 0.196 e. The van der Waals surface area contributed by atoms with Gasteiger partial charge in [0.2, 0.25) is 0 Å². The number of Topliss-reactive ketones (excluding diaryl/α,β-unsaturated/α-hetero) is 1. The summed E-state index contributed by atoms with van der Waals surface area (Å²) in [6.07, 6.45) is 10.4. The van der Waals surface area contributed by atoms with Gasteiger partial charge in [-0.05, 0) is 80.3 Å². The molecule has 0 radical (unpaired) electrons. The molecule has 24 heavy (non-hydrogen) atoms. The van der Waals surface area contributed by atoms with E-state index in [0.29, 0.717) is 28.6 Å². The Bertz CT molecular complexity index is 675. The summed E-state index contributed by atoms with van der Waals surface area (Å²) in [6.45, 7) is 6.43. The molecule has 0 heterocycles. The molecule has 3 saturated carbocycles. The topological polar surface area (TPSA) is 34.1 Å². The number of hydrogen-bond acceptors (Lipinski definition) is 2. The molecular weight excluding hydrogens is 320 g/mol. The summed E-state index contributed by atoms with van der Waals surface area (Å²) in [5, 5.41) is 0.472. The molecule has 0 aromatic rings. The van der Waals surface area contributed by atoms with Gasteiger partial charge in [0.05, 0.1) is 5.03 Å². The molecule has 0 N–H and O–H groups in total. The van der Waals surface area contributed by atoms with E-state index in [2.05, 4.69) is 19.9 Å². The fourth-order valence-corrected chi connectivity index (χ4v) is 7.31. The average Bonchev–Trinajstić information content (AvgIpc) is 2.89. The molecule has 0 bridgehead atoms. The number of hydrogen-bond donors (Lipinski definition) is 0. The summed E-state index contributed by atoms with van der Waals surface area (Å²) in [7, 11) is 0. The number of ketones is 2. The van der Waals surface area contributed by atoms with Gasteiger partial charge in [-0.3, -0.25) is 9.59 Å². The highest BCUT2D eigenvalue weighted by molar-refractivity contribution is 6.45. The standard InChI is InChI=1S/C21H27ClO2/c1-12(23)14-6-7-15-13-4-5-17-19(22)18(24)9-11-21(17,3)16(13)8-10-20(14,15)2/h9,11,13-16H,4-8,10H2,1-3H3/t13-,14+,15-,16-,20+,21+/m0/s1. The van der Waals surface area contributed by atoms with E-state index in [1.54, 1.807) is 13.0 Å². The van der Waals surface area contributed by atoms with Crippen LogP contribution in [-0.2, 0) is 9.59 Å². The Morgan fingerprint density at radius 1 is 1.17 bits per heavy atom. The quantitative estimate of drug-likeness (QED) is 0.664. The van der Waals surface area contributed by atoms with Gasteiger partial charge in [0.25, 0.3) is 0 Å². The highest BCUT2D eigenvalue weighted by atomic mass is 35.5. The normalized spacial score (nSPS) is 47.2. The van der Waals surface area contributed by atoms with Crippen LogP contribution < -0.4 is 0 Å². The van der Waals surface area contributed by atoms with Crippen molar-refractivity contribution in [2.24, 2.45) is 34.5 Å². The Labute approximate surface area is 149 Å². The van der Waals surface area contributed by atoms with Gasteiger partial charge in [-0.25, -0.2) is 0 Å². The van der Waals surface area contributed by atoms with E-state index in [-0.39, 0.29) is 22.5 Å². The first-order chi connectivity index (χ1) is 11.3. The molecule has 0 aromatic carbocycles. The third-order valence-corrected chi connectivity index (χ3v) is 8.55. The van der Waals surface area contributed by atoms with Crippen LogP contribution in [0, 0.1) is 34.5 Å². The second-order valence-corrected chi connectivity index (χ2v) is 9.35. The van der Waals surface area contributed by atoms with Crippen LogP contribution in [0.4, 0.5) is 0 Å². The largest absolute Gasteiger partial charge is 0.300 e. The van der Waals surface area contributed by atoms with Gasteiger partial charge in [-0.1, -0.05) is 31.5 Å². The molecule has 0 aromatic heterocycles. The van der Waals surface area contributed by atoms with Crippen molar-refractivity contribution in [1.29, 1.82) is 0 Å². The van der Waals surface area contributed by atoms with Crippen molar-refractivity contribution in [1.82, 2.24) is 0 Å². The molecule has 4 aliphatic carbocycles. The molecule has 0 spiro atoms. The summed E-state index contributed by atoms with van der Waals surface area (Å²) < 4.78 is 0. The molecule has 3 fully saturated rings. The molecule has 3 heteroatoms. The summed E-state index contributed by atoms with van der Waals surface area (Å²) in [6, 6.07) is 0. The fourth-order valence-electron chi connectivity index (χ4n) is 6.95. The predicted octanol–water partition coefficient (Wildman–Crippen LogP) is 5.07. The minimum Gasteiger partial charge on any atom is -0.300 e. The number of fused-ring (bicyclic) bond motifs is 5. The highest BCUT2D eigenvalue weighted by Gasteiger charge is 2.59. The van der Waals surface area contributed by atoms with E-state index >= 15 is 0 Å². The second-order valence-electron chi connectivity index (χ2n) is 8.97. The van der Waals surface area contributed by atoms with Crippen molar-refractivity contribution >= 4 is 23.2 Å². The zero-order chi connectivity index (χ0) is 17.3. The maximum absolute atomic E-state index is 12.2. The van der Waals surface area contributed by atoms with E-state index in [0.717, 1.165) is 32.1 Å². The van der Waals surface area contributed by atoms with Crippen LogP contribution in [0.5, 0.6) is 0 Å². The van der Waals surface area contributed by atoms with Crippen LogP contribution in [0.3, 0.4) is 0 Å². The van der Waals surface area contributed by atoms with Crippen molar-refractivity contribution in [3.05, 3.63) is 22.8 Å². The van der Waals surface area contributed by atoms with Gasteiger partial charge in [0.1, 0.15) is 5.78 Å². The molecule has 130 valence electrons. The van der Waals surface area contributed by atoms with Crippen LogP contribution in [-0.4, -0.2) is 11.6 Å². The molecule has 0 saturated heterocycles. The zero-order valence-corrected chi connectivity index (χ0v) is 15.7.